The summed E-state index contributed by atoms with van der Waals surface area (Å²) in [7, 11) is -2.88. The van der Waals surface area contributed by atoms with Gasteiger partial charge >= 0.3 is 0 Å². The lowest BCUT2D eigenvalue weighted by molar-refractivity contribution is 0.392. The number of nitrogens with one attached hydrogen (secondary N) is 1. The van der Waals surface area contributed by atoms with Gasteiger partial charge in [0.2, 0.25) is 0 Å². The van der Waals surface area contributed by atoms with Crippen molar-refractivity contribution in [1.82, 2.24) is 10.5 Å². The van der Waals surface area contributed by atoms with Crippen molar-refractivity contribution in [2.45, 2.75) is 27.3 Å². The third kappa shape index (κ3) is 3.61. The van der Waals surface area contributed by atoms with Crippen LogP contribution in [0, 0.1) is 13.8 Å². The van der Waals surface area contributed by atoms with Crippen molar-refractivity contribution in [3.05, 3.63) is 17.0 Å². The average molecular weight is 246 g/mol. The molecule has 0 bridgehead atoms. The molecule has 0 radical (unpaired) electrons. The number of nitrogens with zero attached hydrogens (tertiary/aromatic N) is 1. The normalized spacial score (nSPS) is 11.9. The Morgan fingerprint density at radius 2 is 2.06 bits per heavy atom. The first-order valence-electron chi connectivity index (χ1n) is 5.29. The van der Waals surface area contributed by atoms with E-state index in [1.165, 1.54) is 0 Å². The molecule has 1 rings (SSSR count). The molecule has 6 heteroatoms. The summed E-state index contributed by atoms with van der Waals surface area (Å²) in [6.07, 6.45) is 0. The minimum absolute atomic E-state index is 0.173. The van der Waals surface area contributed by atoms with E-state index in [1.54, 1.807) is 6.92 Å². The fourth-order valence-corrected chi connectivity index (χ4v) is 2.08. The zero-order valence-corrected chi connectivity index (χ0v) is 10.7. The van der Waals surface area contributed by atoms with Crippen LogP contribution in [-0.4, -0.2) is 31.6 Å². The molecular formula is C10H18N2O3S. The number of sulfone groups is 1. The maximum absolute atomic E-state index is 11.2. The van der Waals surface area contributed by atoms with Crippen LogP contribution in [0.2, 0.25) is 0 Å². The van der Waals surface area contributed by atoms with Gasteiger partial charge in [-0.15, -0.1) is 0 Å². The molecule has 0 fully saturated rings. The van der Waals surface area contributed by atoms with Crippen molar-refractivity contribution >= 4 is 9.84 Å². The Morgan fingerprint density at radius 3 is 2.56 bits per heavy atom. The minimum Gasteiger partial charge on any atom is -0.361 e. The molecule has 0 aliphatic rings. The van der Waals surface area contributed by atoms with E-state index in [1.807, 2.05) is 13.8 Å². The summed E-state index contributed by atoms with van der Waals surface area (Å²) < 4.78 is 27.5. The van der Waals surface area contributed by atoms with Crippen molar-refractivity contribution in [3.8, 4) is 0 Å². The lowest BCUT2D eigenvalue weighted by atomic mass is 10.2. The molecule has 1 aromatic heterocycles. The van der Waals surface area contributed by atoms with Crippen LogP contribution in [0.15, 0.2) is 4.52 Å². The molecular weight excluding hydrogens is 228 g/mol. The maximum atomic E-state index is 11.2. The van der Waals surface area contributed by atoms with E-state index in [9.17, 15) is 8.42 Å². The fraction of sp³-hybridized carbons (Fsp3) is 0.700. The minimum atomic E-state index is -2.88. The van der Waals surface area contributed by atoms with E-state index in [4.69, 9.17) is 4.52 Å². The molecule has 1 N–H and O–H groups in total. The van der Waals surface area contributed by atoms with E-state index in [0.29, 0.717) is 13.1 Å². The first kappa shape index (κ1) is 13.2. The highest BCUT2D eigenvalue weighted by Crippen LogP contribution is 2.11. The summed E-state index contributed by atoms with van der Waals surface area (Å²) in [6, 6.07) is 0. The Bertz CT molecular complexity index is 417. The van der Waals surface area contributed by atoms with E-state index in [-0.39, 0.29) is 11.5 Å². The van der Waals surface area contributed by atoms with Gasteiger partial charge in [-0.1, -0.05) is 12.1 Å². The van der Waals surface area contributed by atoms with Crippen LogP contribution in [0.5, 0.6) is 0 Å². The number of rotatable bonds is 6. The van der Waals surface area contributed by atoms with E-state index >= 15 is 0 Å². The molecule has 0 aliphatic heterocycles. The van der Waals surface area contributed by atoms with E-state index < -0.39 is 9.84 Å². The van der Waals surface area contributed by atoms with Crippen LogP contribution in [0.1, 0.15) is 23.9 Å². The lowest BCUT2D eigenvalue weighted by Crippen LogP contribution is -2.23. The molecule has 0 saturated carbocycles. The Labute approximate surface area is 96.1 Å². The molecule has 5 nitrogen and oxygen atoms in total. The third-order valence-electron chi connectivity index (χ3n) is 2.51. The fourth-order valence-electron chi connectivity index (χ4n) is 1.34. The average Bonchev–Trinajstić information content (AvgIpc) is 2.55. The lowest BCUT2D eigenvalue weighted by Gasteiger charge is -2.04. The predicted molar refractivity (Wildman–Crippen MR) is 62.0 cm³/mol. The number of aryl methyl sites for hydroxylation is 2. The highest BCUT2D eigenvalue weighted by Gasteiger charge is 2.09. The molecule has 0 unspecified atom stereocenters. The molecule has 0 aliphatic carbocycles. The Kier molecular flexibility index (Phi) is 4.49. The summed E-state index contributed by atoms with van der Waals surface area (Å²) in [5.41, 5.74) is 1.86. The SMILES string of the molecule is CCS(=O)(=O)CCNCc1c(C)noc1C. The topological polar surface area (TPSA) is 72.2 Å². The molecule has 0 spiro atoms. The van der Waals surface area contributed by atoms with Gasteiger partial charge in [0.1, 0.15) is 5.76 Å². The van der Waals surface area contributed by atoms with Crippen LogP contribution >= 0.6 is 0 Å². The van der Waals surface area contributed by atoms with E-state index in [0.717, 1.165) is 17.0 Å². The highest BCUT2D eigenvalue weighted by atomic mass is 32.2. The molecule has 1 aromatic rings. The number of hydrogen-bond donors (Lipinski definition) is 1. The monoisotopic (exact) mass is 246 g/mol. The van der Waals surface area contributed by atoms with Crippen molar-refractivity contribution in [2.75, 3.05) is 18.1 Å². The van der Waals surface area contributed by atoms with Crippen LogP contribution in [-0.2, 0) is 16.4 Å². The van der Waals surface area contributed by atoms with Gasteiger partial charge in [-0.05, 0) is 13.8 Å². The summed E-state index contributed by atoms with van der Waals surface area (Å²) in [5, 5.41) is 6.91. The zero-order valence-electron chi connectivity index (χ0n) is 9.91. The van der Waals surface area contributed by atoms with Gasteiger partial charge in [-0.2, -0.15) is 0 Å². The van der Waals surface area contributed by atoms with Crippen molar-refractivity contribution < 1.29 is 12.9 Å². The molecule has 16 heavy (non-hydrogen) atoms. The second kappa shape index (κ2) is 5.45. The molecule has 0 amide bonds. The van der Waals surface area contributed by atoms with Crippen molar-refractivity contribution in [1.29, 1.82) is 0 Å². The smallest absolute Gasteiger partial charge is 0.151 e. The van der Waals surface area contributed by atoms with Gasteiger partial charge in [0, 0.05) is 24.4 Å². The highest BCUT2D eigenvalue weighted by molar-refractivity contribution is 7.91. The summed E-state index contributed by atoms with van der Waals surface area (Å²) >= 11 is 0. The first-order chi connectivity index (χ1) is 7.46. The second-order valence-corrected chi connectivity index (χ2v) is 6.19. The molecule has 0 aromatic carbocycles. The number of hydrogen-bond acceptors (Lipinski definition) is 5. The zero-order chi connectivity index (χ0) is 12.2. The summed E-state index contributed by atoms with van der Waals surface area (Å²) in [6.45, 7) is 6.43. The van der Waals surface area contributed by atoms with Gasteiger partial charge in [0.25, 0.3) is 0 Å². The van der Waals surface area contributed by atoms with Crippen LogP contribution in [0.25, 0.3) is 0 Å². The first-order valence-corrected chi connectivity index (χ1v) is 7.11. The molecule has 0 atom stereocenters. The van der Waals surface area contributed by atoms with Gasteiger partial charge < -0.3 is 9.84 Å². The Morgan fingerprint density at radius 1 is 1.38 bits per heavy atom. The quantitative estimate of drug-likeness (QED) is 0.752. The van der Waals surface area contributed by atoms with Crippen molar-refractivity contribution in [2.24, 2.45) is 0 Å². The molecule has 1 heterocycles. The van der Waals surface area contributed by atoms with Gasteiger partial charge in [0.05, 0.1) is 11.4 Å². The standard InChI is InChI=1S/C10H18N2O3S/c1-4-16(13,14)6-5-11-7-10-8(2)12-15-9(10)3/h11H,4-7H2,1-3H3. The second-order valence-electron chi connectivity index (χ2n) is 3.72. The Hall–Kier alpha value is -0.880. The largest absolute Gasteiger partial charge is 0.361 e. The summed E-state index contributed by atoms with van der Waals surface area (Å²) in [5.74, 6) is 1.15. The van der Waals surface area contributed by atoms with Gasteiger partial charge in [-0.25, -0.2) is 8.42 Å². The predicted octanol–water partition coefficient (Wildman–Crippen LogP) is 0.816. The Balaban J connectivity index is 2.37. The van der Waals surface area contributed by atoms with Gasteiger partial charge in [-0.3, -0.25) is 0 Å². The molecule has 92 valence electrons. The maximum Gasteiger partial charge on any atom is 0.151 e. The van der Waals surface area contributed by atoms with Crippen LogP contribution in [0.4, 0.5) is 0 Å². The van der Waals surface area contributed by atoms with E-state index in [2.05, 4.69) is 10.5 Å². The third-order valence-corrected chi connectivity index (χ3v) is 4.22. The van der Waals surface area contributed by atoms with Crippen LogP contribution in [0.3, 0.4) is 0 Å². The summed E-state index contributed by atoms with van der Waals surface area (Å²) in [4.78, 5) is 0. The van der Waals surface area contributed by atoms with Gasteiger partial charge in [0.15, 0.2) is 9.84 Å². The van der Waals surface area contributed by atoms with Crippen molar-refractivity contribution in [3.63, 3.8) is 0 Å². The van der Waals surface area contributed by atoms with Crippen LogP contribution < -0.4 is 5.32 Å². The number of aromatic nitrogens is 1. The molecule has 0 saturated heterocycles.